The van der Waals surface area contributed by atoms with Crippen molar-refractivity contribution in [1.29, 1.82) is 0 Å². The van der Waals surface area contributed by atoms with Crippen LogP contribution in [0.3, 0.4) is 0 Å². The molecule has 2 rings (SSSR count). The second kappa shape index (κ2) is 4.69. The van der Waals surface area contributed by atoms with Gasteiger partial charge in [0.15, 0.2) is 0 Å². The predicted molar refractivity (Wildman–Crippen MR) is 66.8 cm³/mol. The average Bonchev–Trinajstić information content (AvgIpc) is 2.36. The molecule has 0 N–H and O–H groups in total. The first-order valence-electron chi connectivity index (χ1n) is 6.19. The van der Waals surface area contributed by atoms with Crippen molar-refractivity contribution < 1.29 is 4.79 Å². The number of aryl methyl sites for hydroxylation is 2. The number of hydrogen-bond acceptors (Lipinski definition) is 1. The van der Waals surface area contributed by atoms with Gasteiger partial charge in [-0.05, 0) is 30.4 Å². The van der Waals surface area contributed by atoms with Gasteiger partial charge < -0.3 is 4.90 Å². The van der Waals surface area contributed by atoms with E-state index in [9.17, 15) is 4.79 Å². The minimum atomic E-state index is 0.252. The molecule has 0 aromatic heterocycles. The van der Waals surface area contributed by atoms with Gasteiger partial charge in [-0.1, -0.05) is 32.0 Å². The zero-order chi connectivity index (χ0) is 11.5. The molecule has 0 bridgehead atoms. The van der Waals surface area contributed by atoms with E-state index in [0.29, 0.717) is 6.42 Å². The van der Waals surface area contributed by atoms with Gasteiger partial charge in [-0.15, -0.1) is 0 Å². The number of carbonyl (C=O) groups is 1. The van der Waals surface area contributed by atoms with E-state index in [1.807, 2.05) is 11.8 Å². The lowest BCUT2D eigenvalue weighted by atomic mass is 9.96. The van der Waals surface area contributed by atoms with Crippen molar-refractivity contribution in [3.63, 3.8) is 0 Å². The summed E-state index contributed by atoms with van der Waals surface area (Å²) in [6.07, 6.45) is 3.79. The van der Waals surface area contributed by atoms with E-state index in [1.54, 1.807) is 0 Å². The maximum absolute atomic E-state index is 11.9. The van der Waals surface area contributed by atoms with Crippen molar-refractivity contribution in [3.05, 3.63) is 29.3 Å². The van der Waals surface area contributed by atoms with Gasteiger partial charge in [0.1, 0.15) is 0 Å². The third-order valence-electron chi connectivity index (χ3n) is 3.29. The molecule has 0 spiro atoms. The Labute approximate surface area is 97.3 Å². The minimum Gasteiger partial charge on any atom is -0.312 e. The summed E-state index contributed by atoms with van der Waals surface area (Å²) < 4.78 is 0. The fraction of sp³-hybridized carbons (Fsp3) is 0.500. The highest BCUT2D eigenvalue weighted by atomic mass is 16.2. The van der Waals surface area contributed by atoms with Crippen molar-refractivity contribution in [2.24, 2.45) is 0 Å². The molecule has 1 aromatic carbocycles. The quantitative estimate of drug-likeness (QED) is 0.746. The van der Waals surface area contributed by atoms with Crippen molar-refractivity contribution >= 4 is 11.6 Å². The van der Waals surface area contributed by atoms with E-state index < -0.39 is 0 Å². The highest BCUT2D eigenvalue weighted by Crippen LogP contribution is 2.31. The lowest BCUT2D eigenvalue weighted by Gasteiger charge is -2.31. The predicted octanol–water partition coefficient (Wildman–Crippen LogP) is 2.94. The van der Waals surface area contributed by atoms with E-state index in [0.717, 1.165) is 25.8 Å². The van der Waals surface area contributed by atoms with Crippen LogP contribution < -0.4 is 4.90 Å². The zero-order valence-corrected chi connectivity index (χ0v) is 10.1. The second-order valence-corrected chi connectivity index (χ2v) is 4.28. The summed E-state index contributed by atoms with van der Waals surface area (Å²) in [7, 11) is 0. The Kier molecular flexibility index (Phi) is 3.28. The second-order valence-electron chi connectivity index (χ2n) is 4.28. The van der Waals surface area contributed by atoms with Crippen LogP contribution >= 0.6 is 0 Å². The SMILES string of the molecule is CCC(=O)N1CCCc2cccc(CC)c21. The Bertz CT molecular complexity index is 383. The highest BCUT2D eigenvalue weighted by Gasteiger charge is 2.23. The molecule has 1 aliphatic heterocycles. The van der Waals surface area contributed by atoms with Crippen molar-refractivity contribution in [2.75, 3.05) is 11.4 Å². The van der Waals surface area contributed by atoms with Crippen LogP contribution in [0.5, 0.6) is 0 Å². The van der Waals surface area contributed by atoms with Gasteiger partial charge in [0, 0.05) is 18.7 Å². The zero-order valence-electron chi connectivity index (χ0n) is 10.1. The van der Waals surface area contributed by atoms with Gasteiger partial charge in [0.25, 0.3) is 0 Å². The fourth-order valence-electron chi connectivity index (χ4n) is 2.46. The molecule has 0 radical (unpaired) electrons. The van der Waals surface area contributed by atoms with Gasteiger partial charge in [0.2, 0.25) is 5.91 Å². The molecule has 1 aromatic rings. The number of amides is 1. The first kappa shape index (κ1) is 11.2. The van der Waals surface area contributed by atoms with Crippen LogP contribution in [0.2, 0.25) is 0 Å². The molecular formula is C14H19NO. The summed E-state index contributed by atoms with van der Waals surface area (Å²) >= 11 is 0. The molecule has 86 valence electrons. The Hall–Kier alpha value is -1.31. The number of fused-ring (bicyclic) bond motifs is 1. The summed E-state index contributed by atoms with van der Waals surface area (Å²) in [6, 6.07) is 6.40. The van der Waals surface area contributed by atoms with E-state index in [4.69, 9.17) is 0 Å². The molecule has 0 unspecified atom stereocenters. The molecule has 1 heterocycles. The molecule has 2 heteroatoms. The minimum absolute atomic E-state index is 0.252. The molecule has 16 heavy (non-hydrogen) atoms. The first-order chi connectivity index (χ1) is 7.77. The Morgan fingerprint density at radius 2 is 2.19 bits per heavy atom. The largest absolute Gasteiger partial charge is 0.312 e. The molecule has 0 fully saturated rings. The molecule has 0 saturated heterocycles. The standard InChI is InChI=1S/C14H19NO/c1-3-11-7-5-8-12-9-6-10-15(14(11)12)13(16)4-2/h5,7-8H,3-4,6,9-10H2,1-2H3. The van der Waals surface area contributed by atoms with Crippen LogP contribution in [0.4, 0.5) is 5.69 Å². The molecule has 1 aliphatic rings. The Morgan fingerprint density at radius 3 is 2.88 bits per heavy atom. The lowest BCUT2D eigenvalue weighted by molar-refractivity contribution is -0.118. The highest BCUT2D eigenvalue weighted by molar-refractivity contribution is 5.95. The summed E-state index contributed by atoms with van der Waals surface area (Å²) in [5.74, 6) is 0.252. The maximum atomic E-state index is 11.9. The van der Waals surface area contributed by atoms with E-state index in [2.05, 4.69) is 25.1 Å². The van der Waals surface area contributed by atoms with Gasteiger partial charge in [-0.2, -0.15) is 0 Å². The number of rotatable bonds is 2. The number of carbonyl (C=O) groups excluding carboxylic acids is 1. The molecule has 0 saturated carbocycles. The van der Waals surface area contributed by atoms with Crippen LogP contribution in [-0.4, -0.2) is 12.5 Å². The van der Waals surface area contributed by atoms with E-state index >= 15 is 0 Å². The van der Waals surface area contributed by atoms with Gasteiger partial charge >= 0.3 is 0 Å². The normalized spacial score (nSPS) is 14.8. The topological polar surface area (TPSA) is 20.3 Å². The smallest absolute Gasteiger partial charge is 0.226 e. The molecular weight excluding hydrogens is 198 g/mol. The average molecular weight is 217 g/mol. The maximum Gasteiger partial charge on any atom is 0.226 e. The molecule has 1 amide bonds. The van der Waals surface area contributed by atoms with Crippen molar-refractivity contribution in [2.45, 2.75) is 39.5 Å². The summed E-state index contributed by atoms with van der Waals surface area (Å²) in [5.41, 5.74) is 3.84. The fourth-order valence-corrected chi connectivity index (χ4v) is 2.46. The number of benzene rings is 1. The number of nitrogens with zero attached hydrogens (tertiary/aromatic N) is 1. The molecule has 0 aliphatic carbocycles. The number of para-hydroxylation sites is 1. The third kappa shape index (κ3) is 1.84. The van der Waals surface area contributed by atoms with E-state index in [-0.39, 0.29) is 5.91 Å². The van der Waals surface area contributed by atoms with Crippen LogP contribution in [0.15, 0.2) is 18.2 Å². The van der Waals surface area contributed by atoms with Gasteiger partial charge in [0.05, 0.1) is 0 Å². The monoisotopic (exact) mass is 217 g/mol. The van der Waals surface area contributed by atoms with Crippen LogP contribution in [0, 0.1) is 0 Å². The van der Waals surface area contributed by atoms with Gasteiger partial charge in [-0.3, -0.25) is 4.79 Å². The van der Waals surface area contributed by atoms with Crippen LogP contribution in [0.1, 0.15) is 37.8 Å². The van der Waals surface area contributed by atoms with Crippen LogP contribution in [0.25, 0.3) is 0 Å². The van der Waals surface area contributed by atoms with Crippen molar-refractivity contribution in [3.8, 4) is 0 Å². The van der Waals surface area contributed by atoms with Crippen molar-refractivity contribution in [1.82, 2.24) is 0 Å². The lowest BCUT2D eigenvalue weighted by Crippen LogP contribution is -2.35. The first-order valence-corrected chi connectivity index (χ1v) is 6.19. The summed E-state index contributed by atoms with van der Waals surface area (Å²) in [5, 5.41) is 0. The molecule has 0 atom stereocenters. The van der Waals surface area contributed by atoms with E-state index in [1.165, 1.54) is 16.8 Å². The third-order valence-corrected chi connectivity index (χ3v) is 3.29. The number of anilines is 1. The summed E-state index contributed by atoms with van der Waals surface area (Å²) in [4.78, 5) is 13.9. The Balaban J connectivity index is 2.46. The van der Waals surface area contributed by atoms with Gasteiger partial charge in [-0.25, -0.2) is 0 Å². The summed E-state index contributed by atoms with van der Waals surface area (Å²) in [6.45, 7) is 4.97. The Morgan fingerprint density at radius 1 is 1.38 bits per heavy atom. The van der Waals surface area contributed by atoms with Crippen LogP contribution in [-0.2, 0) is 17.6 Å². The molecule has 2 nitrogen and oxygen atoms in total. The number of hydrogen-bond donors (Lipinski definition) is 0.